The second-order valence-corrected chi connectivity index (χ2v) is 5.31. The number of esters is 1. The molecule has 94 valence electrons. The Balaban J connectivity index is 2.33. The number of ether oxygens (including phenoxy) is 1. The van der Waals surface area contributed by atoms with Crippen LogP contribution in [0.4, 0.5) is 0 Å². The minimum atomic E-state index is -0.365. The fourth-order valence-electron chi connectivity index (χ4n) is 1.88. The average Bonchev–Trinajstić information content (AvgIpc) is 2.16. The summed E-state index contributed by atoms with van der Waals surface area (Å²) in [5.41, 5.74) is 2.91. The second kappa shape index (κ2) is 5.64. The summed E-state index contributed by atoms with van der Waals surface area (Å²) >= 11 is 0. The van der Waals surface area contributed by atoms with Gasteiger partial charge in [-0.1, -0.05) is 6.92 Å². The Hall–Kier alpha value is -0.610. The number of nitrogens with one attached hydrogen (secondary N) is 1. The van der Waals surface area contributed by atoms with Gasteiger partial charge in [0, 0.05) is 19.6 Å². The van der Waals surface area contributed by atoms with Gasteiger partial charge < -0.3 is 4.74 Å². The summed E-state index contributed by atoms with van der Waals surface area (Å²) in [7, 11) is 0. The normalized spacial score (nSPS) is 19.8. The number of hydrogen-bond acceptors (Lipinski definition) is 4. The maximum atomic E-state index is 11.8. The molecule has 1 saturated heterocycles. The Morgan fingerprint density at radius 3 is 2.38 bits per heavy atom. The summed E-state index contributed by atoms with van der Waals surface area (Å²) in [6, 6.07) is 0. The van der Waals surface area contributed by atoms with Crippen LogP contribution in [0.2, 0.25) is 0 Å². The van der Waals surface area contributed by atoms with Crippen LogP contribution in [-0.2, 0) is 9.53 Å². The van der Waals surface area contributed by atoms with Crippen molar-refractivity contribution in [2.24, 2.45) is 5.92 Å². The summed E-state index contributed by atoms with van der Waals surface area (Å²) in [5, 5.41) is 2.18. The van der Waals surface area contributed by atoms with Crippen LogP contribution in [-0.4, -0.2) is 36.2 Å². The van der Waals surface area contributed by atoms with Gasteiger partial charge in [0.2, 0.25) is 0 Å². The summed E-state index contributed by atoms with van der Waals surface area (Å²) in [6.07, 6.45) is 1.78. The van der Waals surface area contributed by atoms with Crippen LogP contribution in [0.3, 0.4) is 0 Å². The van der Waals surface area contributed by atoms with Crippen molar-refractivity contribution in [3.63, 3.8) is 0 Å². The van der Waals surface area contributed by atoms with E-state index < -0.39 is 0 Å². The van der Waals surface area contributed by atoms with Crippen molar-refractivity contribution < 1.29 is 9.53 Å². The van der Waals surface area contributed by atoms with E-state index in [4.69, 9.17) is 4.74 Å². The van der Waals surface area contributed by atoms with E-state index >= 15 is 0 Å². The molecule has 0 aromatic carbocycles. The predicted octanol–water partition coefficient (Wildman–Crippen LogP) is 1.56. The molecule has 1 heterocycles. The van der Waals surface area contributed by atoms with Crippen molar-refractivity contribution in [1.29, 1.82) is 0 Å². The summed E-state index contributed by atoms with van der Waals surface area (Å²) in [4.78, 5) is 11.8. The van der Waals surface area contributed by atoms with E-state index in [0.29, 0.717) is 0 Å². The van der Waals surface area contributed by atoms with Gasteiger partial charge in [0.05, 0.1) is 5.92 Å². The Morgan fingerprint density at radius 2 is 1.94 bits per heavy atom. The molecule has 0 radical (unpaired) electrons. The number of rotatable bonds is 3. The van der Waals surface area contributed by atoms with Crippen molar-refractivity contribution in [3.8, 4) is 0 Å². The maximum Gasteiger partial charge on any atom is 0.309 e. The Labute approximate surface area is 98.3 Å². The lowest BCUT2D eigenvalue weighted by atomic mass is 9.97. The third kappa shape index (κ3) is 4.49. The van der Waals surface area contributed by atoms with Gasteiger partial charge in [-0.25, -0.2) is 5.01 Å². The van der Waals surface area contributed by atoms with Crippen LogP contribution in [0.5, 0.6) is 0 Å². The number of carbonyl (C=O) groups excluding carboxylic acids is 1. The lowest BCUT2D eigenvalue weighted by Crippen LogP contribution is -2.45. The molecule has 0 bridgehead atoms. The molecule has 0 unspecified atom stereocenters. The van der Waals surface area contributed by atoms with Gasteiger partial charge in [0.1, 0.15) is 5.60 Å². The minimum Gasteiger partial charge on any atom is -0.460 e. The molecule has 0 saturated carbocycles. The van der Waals surface area contributed by atoms with Crippen molar-refractivity contribution in [2.75, 3.05) is 19.6 Å². The zero-order valence-corrected chi connectivity index (χ0v) is 10.9. The largest absolute Gasteiger partial charge is 0.460 e. The van der Waals surface area contributed by atoms with E-state index in [1.54, 1.807) is 0 Å². The summed E-state index contributed by atoms with van der Waals surface area (Å²) < 4.78 is 5.39. The number of nitrogens with zero attached hydrogens (tertiary/aromatic N) is 1. The molecule has 0 atom stereocenters. The van der Waals surface area contributed by atoms with Crippen LogP contribution in [0.15, 0.2) is 0 Å². The van der Waals surface area contributed by atoms with Gasteiger partial charge >= 0.3 is 5.97 Å². The predicted molar refractivity (Wildman–Crippen MR) is 63.8 cm³/mol. The first kappa shape index (κ1) is 13.5. The molecule has 4 heteroatoms. The van der Waals surface area contributed by atoms with Crippen molar-refractivity contribution in [2.45, 2.75) is 46.1 Å². The molecule has 16 heavy (non-hydrogen) atoms. The highest BCUT2D eigenvalue weighted by atomic mass is 16.6. The molecule has 4 nitrogen and oxygen atoms in total. The van der Waals surface area contributed by atoms with Crippen molar-refractivity contribution in [3.05, 3.63) is 0 Å². The van der Waals surface area contributed by atoms with Gasteiger partial charge in [-0.15, -0.1) is 0 Å². The molecule has 1 aliphatic rings. The Morgan fingerprint density at radius 1 is 1.38 bits per heavy atom. The zero-order chi connectivity index (χ0) is 12.2. The Kier molecular flexibility index (Phi) is 4.74. The number of hydrazine groups is 1. The van der Waals surface area contributed by atoms with Crippen LogP contribution >= 0.6 is 0 Å². The van der Waals surface area contributed by atoms with Crippen LogP contribution in [0.25, 0.3) is 0 Å². The molecule has 0 spiro atoms. The van der Waals surface area contributed by atoms with E-state index in [2.05, 4.69) is 17.4 Å². The number of hydrogen-bond donors (Lipinski definition) is 1. The zero-order valence-electron chi connectivity index (χ0n) is 10.9. The molecule has 0 aromatic rings. The molecule has 1 rings (SSSR count). The van der Waals surface area contributed by atoms with Gasteiger partial charge in [0.15, 0.2) is 0 Å². The molecule has 1 N–H and O–H groups in total. The first-order valence-electron chi connectivity index (χ1n) is 6.13. The maximum absolute atomic E-state index is 11.8. The second-order valence-electron chi connectivity index (χ2n) is 5.31. The summed E-state index contributed by atoms with van der Waals surface area (Å²) in [6.45, 7) is 10.6. The van der Waals surface area contributed by atoms with Crippen molar-refractivity contribution >= 4 is 5.97 Å². The molecule has 0 amide bonds. The number of piperidine rings is 1. The average molecular weight is 228 g/mol. The lowest BCUT2D eigenvalue weighted by Gasteiger charge is -2.32. The van der Waals surface area contributed by atoms with E-state index in [-0.39, 0.29) is 17.5 Å². The highest BCUT2D eigenvalue weighted by Crippen LogP contribution is 2.20. The van der Waals surface area contributed by atoms with Gasteiger partial charge in [-0.05, 0) is 33.6 Å². The van der Waals surface area contributed by atoms with E-state index in [1.807, 2.05) is 20.8 Å². The van der Waals surface area contributed by atoms with E-state index in [1.165, 1.54) is 0 Å². The topological polar surface area (TPSA) is 41.6 Å². The molecule has 0 aliphatic carbocycles. The van der Waals surface area contributed by atoms with Gasteiger partial charge in [0.25, 0.3) is 0 Å². The van der Waals surface area contributed by atoms with Gasteiger partial charge in [-0.2, -0.15) is 0 Å². The number of carbonyl (C=O) groups is 1. The van der Waals surface area contributed by atoms with Crippen LogP contribution in [0.1, 0.15) is 40.5 Å². The molecular weight excluding hydrogens is 204 g/mol. The smallest absolute Gasteiger partial charge is 0.309 e. The highest BCUT2D eigenvalue weighted by molar-refractivity contribution is 5.73. The molecule has 0 aromatic heterocycles. The fraction of sp³-hybridized carbons (Fsp3) is 0.917. The Bertz CT molecular complexity index is 228. The molecule has 1 aliphatic heterocycles. The quantitative estimate of drug-likeness (QED) is 0.744. The monoisotopic (exact) mass is 228 g/mol. The molecule has 1 fully saturated rings. The SMILES string of the molecule is CCNN1CCC(C(=O)OC(C)(C)C)CC1. The first-order chi connectivity index (χ1) is 7.42. The molecular formula is C12H24N2O2. The van der Waals surface area contributed by atoms with E-state index in [9.17, 15) is 4.79 Å². The highest BCUT2D eigenvalue weighted by Gasteiger charge is 2.28. The third-order valence-corrected chi connectivity index (χ3v) is 2.62. The standard InChI is InChI=1S/C12H24N2O2/c1-5-13-14-8-6-10(7-9-14)11(15)16-12(2,3)4/h10,13H,5-9H2,1-4H3. The fourth-order valence-corrected chi connectivity index (χ4v) is 1.88. The summed E-state index contributed by atoms with van der Waals surface area (Å²) in [5.74, 6) is 0.0396. The van der Waals surface area contributed by atoms with Crippen LogP contribution in [0, 0.1) is 5.92 Å². The first-order valence-corrected chi connectivity index (χ1v) is 6.13. The minimum absolute atomic E-state index is 0.0383. The lowest BCUT2D eigenvalue weighted by molar-refractivity contribution is -0.161. The van der Waals surface area contributed by atoms with Gasteiger partial charge in [-0.3, -0.25) is 10.2 Å². The van der Waals surface area contributed by atoms with E-state index in [0.717, 1.165) is 32.5 Å². The third-order valence-electron chi connectivity index (χ3n) is 2.62. The van der Waals surface area contributed by atoms with Crippen LogP contribution < -0.4 is 5.43 Å². The van der Waals surface area contributed by atoms with Crippen molar-refractivity contribution in [1.82, 2.24) is 10.4 Å².